The number of hydrogen-bond donors (Lipinski definition) is 0. The van der Waals surface area contributed by atoms with Crippen molar-refractivity contribution in [2.24, 2.45) is 0 Å². The number of nitrogens with zero attached hydrogens (tertiary/aromatic N) is 4. The Bertz CT molecular complexity index is 572. The summed E-state index contributed by atoms with van der Waals surface area (Å²) in [7, 11) is 2.18. The van der Waals surface area contributed by atoms with Crippen molar-refractivity contribution in [3.63, 3.8) is 0 Å². The Hall–Kier alpha value is -1.66. The summed E-state index contributed by atoms with van der Waals surface area (Å²) in [5.41, 5.74) is 0.586. The summed E-state index contributed by atoms with van der Waals surface area (Å²) in [5, 5.41) is 0. The van der Waals surface area contributed by atoms with Gasteiger partial charge in [0.1, 0.15) is 5.56 Å². The van der Waals surface area contributed by atoms with Crippen molar-refractivity contribution in [3.05, 3.63) is 23.9 Å². The third-order valence-corrected chi connectivity index (χ3v) is 5.27. The lowest BCUT2D eigenvalue weighted by Crippen LogP contribution is -2.52. The number of likely N-dealkylation sites (N-methyl/N-ethyl adjacent to an activating group) is 1. The van der Waals surface area contributed by atoms with E-state index in [2.05, 4.69) is 21.8 Å². The number of amides is 1. The molecule has 6 nitrogen and oxygen atoms in total. The maximum Gasteiger partial charge on any atom is 0.259 e. The van der Waals surface area contributed by atoms with Gasteiger partial charge >= 0.3 is 0 Å². The zero-order valence-electron chi connectivity index (χ0n) is 15.5. The van der Waals surface area contributed by atoms with Crippen LogP contribution in [0.2, 0.25) is 0 Å². The number of ether oxygens (including phenoxy) is 1. The molecule has 3 heterocycles. The number of likely N-dealkylation sites (tertiary alicyclic amines) is 1. The van der Waals surface area contributed by atoms with Crippen molar-refractivity contribution in [2.75, 3.05) is 52.9 Å². The molecule has 0 spiro atoms. The van der Waals surface area contributed by atoms with Gasteiger partial charge in [0.25, 0.3) is 5.91 Å². The van der Waals surface area contributed by atoms with E-state index in [-0.39, 0.29) is 5.91 Å². The Labute approximate surface area is 150 Å². The van der Waals surface area contributed by atoms with E-state index in [1.54, 1.807) is 6.20 Å². The number of pyridine rings is 1. The number of carbonyl (C=O) groups excluding carboxylic acids is 1. The molecule has 0 aliphatic carbocycles. The van der Waals surface area contributed by atoms with Gasteiger partial charge in [-0.3, -0.25) is 9.69 Å². The molecule has 2 fully saturated rings. The summed E-state index contributed by atoms with van der Waals surface area (Å²) in [5.74, 6) is 0.507. The highest BCUT2D eigenvalue weighted by molar-refractivity contribution is 5.96. The zero-order valence-corrected chi connectivity index (χ0v) is 15.5. The van der Waals surface area contributed by atoms with Gasteiger partial charge in [-0.05, 0) is 38.9 Å². The Kier molecular flexibility index (Phi) is 6.26. The second-order valence-corrected chi connectivity index (χ2v) is 7.03. The van der Waals surface area contributed by atoms with E-state index in [0.29, 0.717) is 24.1 Å². The van der Waals surface area contributed by atoms with Crippen molar-refractivity contribution in [3.8, 4) is 5.88 Å². The van der Waals surface area contributed by atoms with E-state index in [9.17, 15) is 4.79 Å². The van der Waals surface area contributed by atoms with E-state index in [1.165, 1.54) is 12.8 Å². The van der Waals surface area contributed by atoms with Gasteiger partial charge in [-0.2, -0.15) is 0 Å². The first-order chi connectivity index (χ1) is 12.2. The fraction of sp³-hybridized carbons (Fsp3) is 0.684. The van der Waals surface area contributed by atoms with Gasteiger partial charge in [0.15, 0.2) is 0 Å². The number of aromatic nitrogens is 1. The van der Waals surface area contributed by atoms with Gasteiger partial charge in [-0.1, -0.05) is 6.42 Å². The van der Waals surface area contributed by atoms with Crippen molar-refractivity contribution in [2.45, 2.75) is 32.2 Å². The van der Waals surface area contributed by atoms with Crippen molar-refractivity contribution in [1.82, 2.24) is 19.7 Å². The van der Waals surface area contributed by atoms with E-state index in [1.807, 2.05) is 24.0 Å². The van der Waals surface area contributed by atoms with Crippen LogP contribution in [0.15, 0.2) is 18.3 Å². The van der Waals surface area contributed by atoms with E-state index in [0.717, 1.165) is 45.7 Å². The Balaban J connectivity index is 1.71. The molecule has 0 saturated carbocycles. The van der Waals surface area contributed by atoms with Crippen LogP contribution in [0.5, 0.6) is 5.88 Å². The van der Waals surface area contributed by atoms with Crippen LogP contribution >= 0.6 is 0 Å². The van der Waals surface area contributed by atoms with Gasteiger partial charge in [0, 0.05) is 51.5 Å². The molecule has 1 amide bonds. The van der Waals surface area contributed by atoms with E-state index >= 15 is 0 Å². The van der Waals surface area contributed by atoms with Crippen LogP contribution in [-0.2, 0) is 0 Å². The Morgan fingerprint density at radius 3 is 2.80 bits per heavy atom. The van der Waals surface area contributed by atoms with Crippen molar-refractivity contribution >= 4 is 5.91 Å². The minimum atomic E-state index is 0.0533. The molecule has 2 saturated heterocycles. The third-order valence-electron chi connectivity index (χ3n) is 5.27. The maximum absolute atomic E-state index is 13.1. The normalized spacial score (nSPS) is 23.3. The first-order valence-corrected chi connectivity index (χ1v) is 9.48. The molecular weight excluding hydrogens is 316 g/mol. The summed E-state index contributed by atoms with van der Waals surface area (Å²) >= 11 is 0. The molecule has 3 rings (SSSR count). The lowest BCUT2D eigenvalue weighted by molar-refractivity contribution is 0.0627. The SMILES string of the molecule is CCOc1ncccc1C(=O)N1CCCC[C@@H](N2CCN(C)CC2)C1. The lowest BCUT2D eigenvalue weighted by atomic mass is 10.1. The molecule has 1 atom stereocenters. The Morgan fingerprint density at radius 2 is 2.04 bits per heavy atom. The van der Waals surface area contributed by atoms with Crippen LogP contribution in [-0.4, -0.2) is 84.6 Å². The fourth-order valence-electron chi connectivity index (χ4n) is 3.76. The molecule has 0 radical (unpaired) electrons. The smallest absolute Gasteiger partial charge is 0.259 e. The van der Waals surface area contributed by atoms with Gasteiger partial charge < -0.3 is 14.5 Å². The van der Waals surface area contributed by atoms with Gasteiger partial charge in [-0.25, -0.2) is 4.98 Å². The minimum absolute atomic E-state index is 0.0533. The number of rotatable bonds is 4. The van der Waals surface area contributed by atoms with E-state index in [4.69, 9.17) is 4.74 Å². The zero-order chi connectivity index (χ0) is 17.6. The van der Waals surface area contributed by atoms with Crippen LogP contribution < -0.4 is 4.74 Å². The van der Waals surface area contributed by atoms with Crippen LogP contribution in [0.1, 0.15) is 36.5 Å². The second kappa shape index (κ2) is 8.63. The molecular formula is C19H30N4O2. The van der Waals surface area contributed by atoms with Crippen molar-refractivity contribution < 1.29 is 9.53 Å². The highest BCUT2D eigenvalue weighted by atomic mass is 16.5. The molecule has 0 aromatic carbocycles. The average Bonchev–Trinajstić information content (AvgIpc) is 2.89. The van der Waals surface area contributed by atoms with Crippen LogP contribution in [0, 0.1) is 0 Å². The average molecular weight is 346 g/mol. The lowest BCUT2D eigenvalue weighted by Gasteiger charge is -2.39. The molecule has 1 aromatic heterocycles. The molecule has 2 aliphatic heterocycles. The summed E-state index contributed by atoms with van der Waals surface area (Å²) in [4.78, 5) is 24.3. The first kappa shape index (κ1) is 18.1. The second-order valence-electron chi connectivity index (χ2n) is 7.03. The largest absolute Gasteiger partial charge is 0.477 e. The van der Waals surface area contributed by atoms with Gasteiger partial charge in [-0.15, -0.1) is 0 Å². The monoisotopic (exact) mass is 346 g/mol. The maximum atomic E-state index is 13.1. The Morgan fingerprint density at radius 1 is 1.24 bits per heavy atom. The number of piperazine rings is 1. The topological polar surface area (TPSA) is 48.9 Å². The predicted molar refractivity (Wildman–Crippen MR) is 98.0 cm³/mol. The highest BCUT2D eigenvalue weighted by Gasteiger charge is 2.29. The standard InChI is InChI=1S/C19H30N4O2/c1-3-25-18-17(8-6-9-20-18)19(24)23-10-5-4-7-16(15-23)22-13-11-21(2)12-14-22/h6,8-9,16H,3-5,7,10-15H2,1-2H3/t16-/m1/s1. The molecule has 25 heavy (non-hydrogen) atoms. The minimum Gasteiger partial charge on any atom is -0.477 e. The molecule has 0 bridgehead atoms. The molecule has 0 N–H and O–H groups in total. The van der Waals surface area contributed by atoms with Crippen LogP contribution in [0.3, 0.4) is 0 Å². The van der Waals surface area contributed by atoms with Gasteiger partial charge in [0.2, 0.25) is 5.88 Å². The molecule has 1 aromatic rings. The molecule has 0 unspecified atom stereocenters. The molecule has 138 valence electrons. The summed E-state index contributed by atoms with van der Waals surface area (Å²) in [6.45, 7) is 8.48. The first-order valence-electron chi connectivity index (χ1n) is 9.48. The number of hydrogen-bond acceptors (Lipinski definition) is 5. The molecule has 6 heteroatoms. The third kappa shape index (κ3) is 4.50. The quantitative estimate of drug-likeness (QED) is 0.831. The number of carbonyl (C=O) groups is 1. The van der Waals surface area contributed by atoms with E-state index < -0.39 is 0 Å². The summed E-state index contributed by atoms with van der Waals surface area (Å²) < 4.78 is 5.56. The summed E-state index contributed by atoms with van der Waals surface area (Å²) in [6, 6.07) is 4.11. The predicted octanol–water partition coefficient (Wildman–Crippen LogP) is 1.72. The van der Waals surface area contributed by atoms with Gasteiger partial charge in [0.05, 0.1) is 6.61 Å². The van der Waals surface area contributed by atoms with Crippen LogP contribution in [0.4, 0.5) is 0 Å². The molecule has 2 aliphatic rings. The fourth-order valence-corrected chi connectivity index (χ4v) is 3.76. The highest BCUT2D eigenvalue weighted by Crippen LogP contribution is 2.22. The summed E-state index contributed by atoms with van der Waals surface area (Å²) in [6.07, 6.45) is 5.11. The van der Waals surface area contributed by atoms with Crippen molar-refractivity contribution in [1.29, 1.82) is 0 Å². The van der Waals surface area contributed by atoms with Crippen LogP contribution in [0.25, 0.3) is 0 Å².